The quantitative estimate of drug-likeness (QED) is 0.306. The normalized spacial score (nSPS) is 12.6. The van der Waals surface area contributed by atoms with E-state index in [1.165, 1.54) is 0 Å². The van der Waals surface area contributed by atoms with Crippen LogP contribution in [0.3, 0.4) is 0 Å². The van der Waals surface area contributed by atoms with E-state index in [0.29, 0.717) is 4.48 Å². The first-order valence-corrected chi connectivity index (χ1v) is 10.3. The molecule has 0 aromatic heterocycles. The van der Waals surface area contributed by atoms with Crippen molar-refractivity contribution in [2.75, 3.05) is 27.7 Å². The summed E-state index contributed by atoms with van der Waals surface area (Å²) in [5.41, 5.74) is 0. The van der Waals surface area contributed by atoms with Gasteiger partial charge in [0.1, 0.15) is 6.54 Å². The summed E-state index contributed by atoms with van der Waals surface area (Å²) in [6.07, 6.45) is 0. The maximum atomic E-state index is 9.89. The predicted octanol–water partition coefficient (Wildman–Crippen LogP) is -2.79. The number of carboxylic acid groups (broad SMARTS) is 1. The predicted molar refractivity (Wildman–Crippen MR) is 44.6 cm³/mol. The molecular weight excluding hydrogens is 433 g/mol. The Labute approximate surface area is 101 Å². The molecule has 10 nitrogen and oxygen atoms in total. The molecule has 0 aromatic rings. The number of aliphatic carboxylic acids is 1. The van der Waals surface area contributed by atoms with Crippen LogP contribution in [-0.4, -0.2) is 51.7 Å². The Morgan fingerprint density at radius 1 is 1.35 bits per heavy atom. The number of quaternary nitrogens is 1. The van der Waals surface area contributed by atoms with E-state index in [4.69, 9.17) is 13.5 Å². The Bertz CT molecular complexity index is 390. The molecule has 12 heteroatoms. The number of nitrogens with zero attached hydrogens (tertiary/aromatic N) is 1. The van der Waals surface area contributed by atoms with E-state index in [-0.39, 0.29) is 6.54 Å². The zero-order chi connectivity index (χ0) is 14.5. The maximum absolute atomic E-state index is 9.89. The van der Waals surface area contributed by atoms with Gasteiger partial charge >= 0.3 is 52.7 Å². The summed E-state index contributed by atoms with van der Waals surface area (Å²) in [6.45, 7) is 0.0694. The zero-order valence-corrected chi connectivity index (χ0v) is 13.1. The van der Waals surface area contributed by atoms with Gasteiger partial charge in [-0.25, -0.2) is 0 Å². The molecule has 0 aliphatic rings. The molecular formula is C5H14NO9PW. The molecule has 0 atom stereocenters. The van der Waals surface area contributed by atoms with Crippen molar-refractivity contribution in [2.24, 2.45) is 0 Å². The van der Waals surface area contributed by atoms with Gasteiger partial charge in [-0.2, -0.15) is 0 Å². The zero-order valence-electron chi connectivity index (χ0n) is 9.30. The number of likely N-dealkylation sites (N-methyl/N-ethyl adjacent to an activating group) is 1. The molecule has 3 N–H and O–H groups in total. The average molecular weight is 447 g/mol. The summed E-state index contributed by atoms with van der Waals surface area (Å²) in [5, 5.41) is 9.89. The van der Waals surface area contributed by atoms with Crippen molar-refractivity contribution in [2.45, 2.75) is 0 Å². The summed E-state index contributed by atoms with van der Waals surface area (Å²) in [4.78, 5) is 25.4. The van der Waals surface area contributed by atoms with E-state index in [0.717, 1.165) is 0 Å². The molecule has 0 radical (unpaired) electrons. The second-order valence-corrected chi connectivity index (χ2v) is 9.62. The summed E-state index contributed by atoms with van der Waals surface area (Å²) >= 11 is -6.19. The van der Waals surface area contributed by atoms with E-state index in [1.807, 2.05) is 0 Å². The number of hydrogen-bond acceptors (Lipinski definition) is 6. The van der Waals surface area contributed by atoms with Crippen molar-refractivity contribution in [1.82, 2.24) is 0 Å². The Morgan fingerprint density at radius 2 is 1.71 bits per heavy atom. The number of carbonyl (C=O) groups is 1. The first-order chi connectivity index (χ1) is 7.12. The molecule has 0 spiro atoms. The van der Waals surface area contributed by atoms with E-state index >= 15 is 0 Å². The third kappa shape index (κ3) is 25.8. The molecule has 0 amide bonds. The monoisotopic (exact) mass is 447 g/mol. The van der Waals surface area contributed by atoms with Crippen molar-refractivity contribution >= 4 is 13.8 Å². The number of carbonyl (C=O) groups excluding carboxylic acids is 1. The molecule has 0 aliphatic carbocycles. The molecule has 0 saturated heterocycles. The Balaban J connectivity index is 0. The average Bonchev–Trinajstić information content (AvgIpc) is 1.68. The molecule has 0 unspecified atom stereocenters. The van der Waals surface area contributed by atoms with Crippen LogP contribution in [0.1, 0.15) is 0 Å². The SMILES string of the molecule is C[N+](C)(C)CC(=O)[O-].O=P(O)(O)[O][W](=[O])(=[O])[OH]. The number of phosphoric acid groups is 1. The van der Waals surface area contributed by atoms with Crippen molar-refractivity contribution in [3.8, 4) is 0 Å². The van der Waals surface area contributed by atoms with E-state index in [9.17, 15) is 21.3 Å². The second-order valence-electron chi connectivity index (χ2n) is 3.81. The minimum absolute atomic E-state index is 0.0694. The topological polar surface area (TPSA) is 161 Å². The van der Waals surface area contributed by atoms with Crippen molar-refractivity contribution in [3.63, 3.8) is 0 Å². The van der Waals surface area contributed by atoms with Crippen LogP contribution in [0, 0.1) is 0 Å². The molecule has 17 heavy (non-hydrogen) atoms. The number of hydrogen-bond donors (Lipinski definition) is 3. The van der Waals surface area contributed by atoms with Gasteiger partial charge in [0, 0.05) is 0 Å². The van der Waals surface area contributed by atoms with Gasteiger partial charge in [0.05, 0.1) is 27.1 Å². The minimum atomic E-state index is -6.19. The van der Waals surface area contributed by atoms with Gasteiger partial charge < -0.3 is 14.4 Å². The third-order valence-electron chi connectivity index (χ3n) is 0.795. The molecule has 0 saturated carbocycles. The van der Waals surface area contributed by atoms with Gasteiger partial charge in [-0.1, -0.05) is 0 Å². The molecule has 0 heterocycles. The number of carboxylic acids is 1. The van der Waals surface area contributed by atoms with Gasteiger partial charge in [0.15, 0.2) is 0 Å². The van der Waals surface area contributed by atoms with Crippen LogP contribution in [0.2, 0.25) is 0 Å². The molecule has 104 valence electrons. The third-order valence-corrected chi connectivity index (χ3v) is 5.30. The summed E-state index contributed by atoms with van der Waals surface area (Å²) in [5.74, 6) is -1.00. The Kier molecular flexibility index (Phi) is 7.48. The van der Waals surface area contributed by atoms with Crippen molar-refractivity contribution < 1.29 is 59.2 Å². The van der Waals surface area contributed by atoms with E-state index in [2.05, 4.69) is 3.18 Å². The second kappa shape index (κ2) is 6.65. The fraction of sp³-hybridized carbons (Fsp3) is 0.800. The van der Waals surface area contributed by atoms with E-state index in [1.54, 1.807) is 21.1 Å². The van der Waals surface area contributed by atoms with Gasteiger partial charge in [-0.3, -0.25) is 0 Å². The molecule has 0 rings (SSSR count). The summed E-state index contributed by atoms with van der Waals surface area (Å²) < 4.78 is 39.9. The Morgan fingerprint density at radius 3 is 1.71 bits per heavy atom. The van der Waals surface area contributed by atoms with Crippen LogP contribution in [-0.2, 0) is 36.1 Å². The van der Waals surface area contributed by atoms with Gasteiger partial charge in [-0.15, -0.1) is 0 Å². The van der Waals surface area contributed by atoms with Crippen LogP contribution in [0.25, 0.3) is 0 Å². The first-order valence-electron chi connectivity index (χ1n) is 3.87. The van der Waals surface area contributed by atoms with E-state index < -0.39 is 30.5 Å². The van der Waals surface area contributed by atoms with Crippen molar-refractivity contribution in [3.05, 3.63) is 0 Å². The molecule has 0 bridgehead atoms. The van der Waals surface area contributed by atoms with Crippen molar-refractivity contribution in [1.29, 1.82) is 0 Å². The summed E-state index contributed by atoms with van der Waals surface area (Å²) in [6, 6.07) is 0. The van der Waals surface area contributed by atoms with Crippen LogP contribution < -0.4 is 5.11 Å². The van der Waals surface area contributed by atoms with Crippen LogP contribution >= 0.6 is 7.82 Å². The molecule has 0 fully saturated rings. The van der Waals surface area contributed by atoms with Gasteiger partial charge in [0.25, 0.3) is 0 Å². The Hall–Kier alpha value is -0.212. The van der Waals surface area contributed by atoms with Gasteiger partial charge in [0.2, 0.25) is 0 Å². The van der Waals surface area contributed by atoms with Gasteiger partial charge in [-0.05, 0) is 0 Å². The molecule has 0 aliphatic heterocycles. The van der Waals surface area contributed by atoms with Crippen LogP contribution in [0.5, 0.6) is 0 Å². The van der Waals surface area contributed by atoms with Crippen LogP contribution in [0.15, 0.2) is 0 Å². The fourth-order valence-corrected chi connectivity index (χ4v) is 3.40. The van der Waals surface area contributed by atoms with Crippen LogP contribution in [0.4, 0.5) is 0 Å². The number of rotatable bonds is 4. The molecule has 0 aromatic carbocycles. The first kappa shape index (κ1) is 19.1. The summed E-state index contributed by atoms with van der Waals surface area (Å²) in [7, 11) is 0.335. The fourth-order valence-electron chi connectivity index (χ4n) is 0.510. The standard InChI is InChI=1S/C5H11NO2.H3O4P.H2O.2O.W/c1-6(2,3)4-5(7)8;1-5(2,3)4;;;;/h4H2,1-3H3;(H3,1,2,3,4);1H2;;;/q;;;;;+2/p-2.